The highest BCUT2D eigenvalue weighted by molar-refractivity contribution is 9.10. The zero-order valence-corrected chi connectivity index (χ0v) is 12.4. The molecule has 6 nitrogen and oxygen atoms in total. The van der Waals surface area contributed by atoms with E-state index in [4.69, 9.17) is 5.11 Å². The quantitative estimate of drug-likeness (QED) is 0.663. The average molecular weight is 374 g/mol. The molecule has 0 saturated carbocycles. The molecule has 0 heterocycles. The van der Waals surface area contributed by atoms with E-state index in [9.17, 15) is 27.1 Å². The van der Waals surface area contributed by atoms with Gasteiger partial charge in [-0.05, 0) is 28.9 Å². The van der Waals surface area contributed by atoms with Crippen molar-refractivity contribution in [1.82, 2.24) is 4.72 Å². The molecule has 1 unspecified atom stereocenters. The SMILES string of the molecule is CC(O)(CNS(=O)(=O)c1cc(Br)c(F)cc1F)C(=O)O. The average Bonchev–Trinajstić information content (AvgIpc) is 2.31. The van der Waals surface area contributed by atoms with Gasteiger partial charge < -0.3 is 10.2 Å². The summed E-state index contributed by atoms with van der Waals surface area (Å²) >= 11 is 2.71. The fraction of sp³-hybridized carbons (Fsp3) is 0.300. The molecule has 1 atom stereocenters. The fourth-order valence-corrected chi connectivity index (χ4v) is 2.81. The molecule has 112 valence electrons. The molecule has 0 aliphatic rings. The van der Waals surface area contributed by atoms with E-state index >= 15 is 0 Å². The number of sulfonamides is 1. The van der Waals surface area contributed by atoms with Crippen LogP contribution in [-0.2, 0) is 14.8 Å². The molecule has 0 spiro atoms. The van der Waals surface area contributed by atoms with Crippen LogP contribution in [-0.4, -0.2) is 36.7 Å². The summed E-state index contributed by atoms with van der Waals surface area (Å²) in [5, 5.41) is 18.0. The Morgan fingerprint density at radius 2 is 1.95 bits per heavy atom. The molecule has 0 bridgehead atoms. The Kier molecular flexibility index (Phi) is 4.85. The maximum absolute atomic E-state index is 13.4. The summed E-state index contributed by atoms with van der Waals surface area (Å²) in [6.45, 7) is -0.00606. The second kappa shape index (κ2) is 5.72. The molecule has 1 rings (SSSR count). The van der Waals surface area contributed by atoms with Gasteiger partial charge in [0.15, 0.2) is 5.60 Å². The smallest absolute Gasteiger partial charge is 0.336 e. The highest BCUT2D eigenvalue weighted by Crippen LogP contribution is 2.23. The number of aliphatic carboxylic acids is 1. The van der Waals surface area contributed by atoms with Crippen LogP contribution in [0.25, 0.3) is 0 Å². The van der Waals surface area contributed by atoms with Crippen LogP contribution < -0.4 is 4.72 Å². The standard InChI is InChI=1S/C10H10BrF2NO5S/c1-10(17,9(15)16)4-14-20(18,19)8-2-5(11)6(12)3-7(8)13/h2-3,14,17H,4H2,1H3,(H,15,16). The molecule has 0 aromatic heterocycles. The van der Waals surface area contributed by atoms with Crippen LogP contribution in [0.5, 0.6) is 0 Å². The van der Waals surface area contributed by atoms with E-state index in [2.05, 4.69) is 15.9 Å². The summed E-state index contributed by atoms with van der Waals surface area (Å²) in [7, 11) is -4.44. The summed E-state index contributed by atoms with van der Waals surface area (Å²) in [6.07, 6.45) is 0. The molecule has 20 heavy (non-hydrogen) atoms. The van der Waals surface area contributed by atoms with Gasteiger partial charge in [0.05, 0.1) is 11.0 Å². The summed E-state index contributed by atoms with van der Waals surface area (Å²) in [5.74, 6) is -3.98. The lowest BCUT2D eigenvalue weighted by atomic mass is 10.1. The summed E-state index contributed by atoms with van der Waals surface area (Å²) in [6, 6.07) is 1.07. The van der Waals surface area contributed by atoms with E-state index in [1.54, 1.807) is 4.72 Å². The summed E-state index contributed by atoms with van der Waals surface area (Å²) < 4.78 is 51.5. The van der Waals surface area contributed by atoms with Gasteiger partial charge in [0.1, 0.15) is 16.5 Å². The Labute approximate surface area is 121 Å². The van der Waals surface area contributed by atoms with Crippen molar-refractivity contribution in [3.05, 3.63) is 28.2 Å². The number of nitrogens with one attached hydrogen (secondary N) is 1. The van der Waals surface area contributed by atoms with E-state index in [1.165, 1.54) is 0 Å². The van der Waals surface area contributed by atoms with Gasteiger partial charge in [0.25, 0.3) is 0 Å². The number of benzene rings is 1. The fourth-order valence-electron chi connectivity index (χ4n) is 1.10. The normalized spacial score (nSPS) is 14.8. The van der Waals surface area contributed by atoms with E-state index in [-0.39, 0.29) is 4.47 Å². The van der Waals surface area contributed by atoms with Gasteiger partial charge in [0.2, 0.25) is 10.0 Å². The van der Waals surface area contributed by atoms with Gasteiger partial charge in [-0.15, -0.1) is 0 Å². The highest BCUT2D eigenvalue weighted by Gasteiger charge is 2.32. The van der Waals surface area contributed by atoms with Crippen LogP contribution in [0.1, 0.15) is 6.92 Å². The number of hydrogen-bond acceptors (Lipinski definition) is 4. The Bertz CT molecular complexity index is 647. The summed E-state index contributed by atoms with van der Waals surface area (Å²) in [5.41, 5.74) is -2.36. The van der Waals surface area contributed by atoms with Crippen LogP contribution >= 0.6 is 15.9 Å². The third kappa shape index (κ3) is 3.72. The van der Waals surface area contributed by atoms with Crippen LogP contribution in [0.15, 0.2) is 21.5 Å². The predicted molar refractivity (Wildman–Crippen MR) is 67.5 cm³/mol. The molecule has 3 N–H and O–H groups in total. The summed E-state index contributed by atoms with van der Waals surface area (Å²) in [4.78, 5) is 9.76. The lowest BCUT2D eigenvalue weighted by Crippen LogP contribution is -2.46. The van der Waals surface area contributed by atoms with Crippen molar-refractivity contribution < 1.29 is 32.2 Å². The van der Waals surface area contributed by atoms with Crippen molar-refractivity contribution >= 4 is 31.9 Å². The molecule has 0 amide bonds. The molecule has 1 aromatic rings. The minimum absolute atomic E-state index is 0.274. The first-order valence-corrected chi connectivity index (χ1v) is 7.35. The molecular weight excluding hydrogens is 364 g/mol. The third-order valence-corrected chi connectivity index (χ3v) is 4.36. The molecule has 0 saturated heterocycles. The van der Waals surface area contributed by atoms with E-state index in [0.717, 1.165) is 6.92 Å². The van der Waals surface area contributed by atoms with Gasteiger partial charge in [-0.3, -0.25) is 0 Å². The van der Waals surface area contributed by atoms with E-state index in [0.29, 0.717) is 12.1 Å². The number of halogens is 3. The topological polar surface area (TPSA) is 104 Å². The Morgan fingerprint density at radius 3 is 2.45 bits per heavy atom. The van der Waals surface area contributed by atoms with Gasteiger partial charge in [-0.1, -0.05) is 0 Å². The van der Waals surface area contributed by atoms with E-state index < -0.39 is 44.7 Å². The minimum atomic E-state index is -4.44. The Hall–Kier alpha value is -1.10. The zero-order valence-electron chi connectivity index (χ0n) is 10.0. The minimum Gasteiger partial charge on any atom is -0.479 e. The van der Waals surface area contributed by atoms with Crippen molar-refractivity contribution in [3.63, 3.8) is 0 Å². The number of carboxylic acids is 1. The number of carboxylic acid groups (broad SMARTS) is 1. The third-order valence-electron chi connectivity index (χ3n) is 2.33. The largest absolute Gasteiger partial charge is 0.479 e. The highest BCUT2D eigenvalue weighted by atomic mass is 79.9. The van der Waals surface area contributed by atoms with Gasteiger partial charge in [0, 0.05) is 6.07 Å². The maximum Gasteiger partial charge on any atom is 0.336 e. The number of carbonyl (C=O) groups is 1. The van der Waals surface area contributed by atoms with Gasteiger partial charge in [-0.25, -0.2) is 26.7 Å². The molecule has 0 aliphatic carbocycles. The molecule has 0 aliphatic heterocycles. The number of hydrogen-bond donors (Lipinski definition) is 3. The van der Waals surface area contributed by atoms with Gasteiger partial charge in [-0.2, -0.15) is 0 Å². The van der Waals surface area contributed by atoms with E-state index in [1.807, 2.05) is 0 Å². The van der Waals surface area contributed by atoms with Crippen LogP contribution in [0.2, 0.25) is 0 Å². The predicted octanol–water partition coefficient (Wildman–Crippen LogP) is 0.841. The number of aliphatic hydroxyl groups is 1. The first-order chi connectivity index (χ1) is 8.97. The molecule has 0 fully saturated rings. The van der Waals surface area contributed by atoms with Crippen molar-refractivity contribution in [2.24, 2.45) is 0 Å². The molecule has 1 aromatic carbocycles. The second-order valence-electron chi connectivity index (χ2n) is 4.10. The van der Waals surface area contributed by atoms with Crippen LogP contribution in [0.4, 0.5) is 8.78 Å². The van der Waals surface area contributed by atoms with Crippen molar-refractivity contribution in [2.45, 2.75) is 17.4 Å². The molecule has 10 heteroatoms. The van der Waals surface area contributed by atoms with Crippen molar-refractivity contribution in [2.75, 3.05) is 6.54 Å². The molecule has 0 radical (unpaired) electrons. The second-order valence-corrected chi connectivity index (χ2v) is 6.69. The maximum atomic E-state index is 13.4. The lowest BCUT2D eigenvalue weighted by Gasteiger charge is -2.18. The van der Waals surface area contributed by atoms with Gasteiger partial charge >= 0.3 is 5.97 Å². The zero-order chi connectivity index (χ0) is 15.7. The Balaban J connectivity index is 3.07. The number of rotatable bonds is 5. The van der Waals surface area contributed by atoms with Crippen LogP contribution in [0, 0.1) is 11.6 Å². The molecular formula is C10H10BrF2NO5S. The monoisotopic (exact) mass is 373 g/mol. The van der Waals surface area contributed by atoms with Crippen molar-refractivity contribution in [1.29, 1.82) is 0 Å². The lowest BCUT2D eigenvalue weighted by molar-refractivity contribution is -0.155. The van der Waals surface area contributed by atoms with Crippen LogP contribution in [0.3, 0.4) is 0 Å². The first-order valence-electron chi connectivity index (χ1n) is 5.07. The van der Waals surface area contributed by atoms with Crippen molar-refractivity contribution in [3.8, 4) is 0 Å². The first kappa shape index (κ1) is 17.0. The Morgan fingerprint density at radius 1 is 1.40 bits per heavy atom.